The highest BCUT2D eigenvalue weighted by Crippen LogP contribution is 2.22. The minimum absolute atomic E-state index is 0.00411. The summed E-state index contributed by atoms with van der Waals surface area (Å²) in [5, 5.41) is 2.88. The van der Waals surface area contributed by atoms with Crippen LogP contribution in [0.15, 0.2) is 40.9 Å². The molecule has 0 saturated heterocycles. The Morgan fingerprint density at radius 3 is 2.57 bits per heavy atom. The Bertz CT molecular complexity index is 668. The highest BCUT2D eigenvalue weighted by molar-refractivity contribution is 9.10. The Morgan fingerprint density at radius 1 is 1.10 bits per heavy atom. The van der Waals surface area contributed by atoms with Gasteiger partial charge in [-0.1, -0.05) is 28.1 Å². The Balaban J connectivity index is 1.97. The molecule has 0 bridgehead atoms. The fourth-order valence-corrected chi connectivity index (χ4v) is 2.45. The molecule has 110 valence electrons. The zero-order valence-corrected chi connectivity index (χ0v) is 14.0. The second-order valence-electron chi connectivity index (χ2n) is 5.07. The molecule has 0 saturated carbocycles. The normalized spacial score (nSPS) is 10.3. The van der Waals surface area contributed by atoms with Crippen LogP contribution < -0.4 is 10.1 Å². The van der Waals surface area contributed by atoms with Crippen LogP contribution in [-0.2, 0) is 4.79 Å². The van der Waals surface area contributed by atoms with E-state index in [0.717, 1.165) is 26.9 Å². The van der Waals surface area contributed by atoms with Gasteiger partial charge in [-0.15, -0.1) is 0 Å². The summed E-state index contributed by atoms with van der Waals surface area (Å²) in [6.45, 7) is 5.91. The summed E-state index contributed by atoms with van der Waals surface area (Å²) < 4.78 is 6.56. The molecule has 2 rings (SSSR count). The number of benzene rings is 2. The van der Waals surface area contributed by atoms with E-state index in [9.17, 15) is 4.79 Å². The van der Waals surface area contributed by atoms with E-state index < -0.39 is 0 Å². The van der Waals surface area contributed by atoms with E-state index in [4.69, 9.17) is 4.74 Å². The van der Waals surface area contributed by atoms with Crippen molar-refractivity contribution >= 4 is 27.5 Å². The van der Waals surface area contributed by atoms with E-state index >= 15 is 0 Å². The van der Waals surface area contributed by atoms with Crippen molar-refractivity contribution in [2.45, 2.75) is 20.8 Å². The maximum atomic E-state index is 12.0. The maximum Gasteiger partial charge on any atom is 0.262 e. The summed E-state index contributed by atoms with van der Waals surface area (Å²) in [5.74, 6) is 0.556. The largest absolute Gasteiger partial charge is 0.483 e. The second kappa shape index (κ2) is 6.76. The first-order valence-electron chi connectivity index (χ1n) is 6.72. The first-order valence-corrected chi connectivity index (χ1v) is 7.51. The molecule has 2 aromatic carbocycles. The van der Waals surface area contributed by atoms with Crippen molar-refractivity contribution in [2.24, 2.45) is 0 Å². The van der Waals surface area contributed by atoms with Crippen LogP contribution >= 0.6 is 15.9 Å². The first-order chi connectivity index (χ1) is 9.95. The molecular formula is C17H18BrNO2. The molecule has 0 aliphatic heterocycles. The summed E-state index contributed by atoms with van der Waals surface area (Å²) >= 11 is 3.40. The number of carbonyl (C=O) groups is 1. The van der Waals surface area contributed by atoms with Crippen molar-refractivity contribution in [1.82, 2.24) is 0 Å². The van der Waals surface area contributed by atoms with Gasteiger partial charge in [0.25, 0.3) is 5.91 Å². The van der Waals surface area contributed by atoms with Crippen molar-refractivity contribution < 1.29 is 9.53 Å². The number of carbonyl (C=O) groups excluding carboxylic acids is 1. The lowest BCUT2D eigenvalue weighted by Crippen LogP contribution is -2.21. The number of rotatable bonds is 4. The van der Waals surface area contributed by atoms with Gasteiger partial charge in [-0.3, -0.25) is 4.79 Å². The Labute approximate surface area is 133 Å². The molecule has 0 aliphatic carbocycles. The number of hydrogen-bond acceptors (Lipinski definition) is 2. The molecule has 2 aromatic rings. The number of hydrogen-bond donors (Lipinski definition) is 1. The van der Waals surface area contributed by atoms with Gasteiger partial charge < -0.3 is 10.1 Å². The fourth-order valence-electron chi connectivity index (χ4n) is 1.97. The Hall–Kier alpha value is -1.81. The van der Waals surface area contributed by atoms with Gasteiger partial charge in [-0.25, -0.2) is 0 Å². The number of halogens is 1. The predicted molar refractivity (Wildman–Crippen MR) is 88.9 cm³/mol. The van der Waals surface area contributed by atoms with Crippen LogP contribution in [0.2, 0.25) is 0 Å². The monoisotopic (exact) mass is 347 g/mol. The lowest BCUT2D eigenvalue weighted by Gasteiger charge is -2.11. The Morgan fingerprint density at radius 2 is 1.86 bits per heavy atom. The van der Waals surface area contributed by atoms with E-state index in [2.05, 4.69) is 21.2 Å². The SMILES string of the molecule is Cc1ccc(C)c(NC(=O)COc2ccc(Br)cc2C)c1. The van der Waals surface area contributed by atoms with E-state index in [-0.39, 0.29) is 12.5 Å². The van der Waals surface area contributed by atoms with Gasteiger partial charge in [0.05, 0.1) is 0 Å². The van der Waals surface area contributed by atoms with Crippen LogP contribution in [0.5, 0.6) is 5.75 Å². The molecule has 4 heteroatoms. The summed E-state index contributed by atoms with van der Waals surface area (Å²) in [6.07, 6.45) is 0. The van der Waals surface area contributed by atoms with Gasteiger partial charge in [0.2, 0.25) is 0 Å². The minimum atomic E-state index is -0.161. The topological polar surface area (TPSA) is 38.3 Å². The minimum Gasteiger partial charge on any atom is -0.483 e. The summed E-state index contributed by atoms with van der Waals surface area (Å²) in [7, 11) is 0. The smallest absolute Gasteiger partial charge is 0.262 e. The number of ether oxygens (including phenoxy) is 1. The molecule has 0 atom stereocenters. The molecule has 21 heavy (non-hydrogen) atoms. The zero-order valence-electron chi connectivity index (χ0n) is 12.4. The average Bonchev–Trinajstić information content (AvgIpc) is 2.42. The molecule has 1 amide bonds. The summed E-state index contributed by atoms with van der Waals surface area (Å²) in [4.78, 5) is 12.0. The highest BCUT2D eigenvalue weighted by Gasteiger charge is 2.07. The third-order valence-electron chi connectivity index (χ3n) is 3.16. The zero-order chi connectivity index (χ0) is 15.4. The third-order valence-corrected chi connectivity index (χ3v) is 3.66. The third kappa shape index (κ3) is 4.33. The molecule has 0 heterocycles. The molecule has 3 nitrogen and oxygen atoms in total. The summed E-state index contributed by atoms with van der Waals surface area (Å²) in [6, 6.07) is 11.7. The lowest BCUT2D eigenvalue weighted by molar-refractivity contribution is -0.118. The van der Waals surface area contributed by atoms with Crippen molar-refractivity contribution in [2.75, 3.05) is 11.9 Å². The van der Waals surface area contributed by atoms with Gasteiger partial charge in [0.1, 0.15) is 5.75 Å². The maximum absolute atomic E-state index is 12.0. The fraction of sp³-hybridized carbons (Fsp3) is 0.235. The van der Waals surface area contributed by atoms with Crippen molar-refractivity contribution in [3.63, 3.8) is 0 Å². The number of nitrogens with one attached hydrogen (secondary N) is 1. The van der Waals surface area contributed by atoms with Crippen molar-refractivity contribution in [3.05, 3.63) is 57.6 Å². The predicted octanol–water partition coefficient (Wildman–Crippen LogP) is 4.39. The highest BCUT2D eigenvalue weighted by atomic mass is 79.9. The van der Waals surface area contributed by atoms with Crippen LogP contribution in [-0.4, -0.2) is 12.5 Å². The molecule has 0 aromatic heterocycles. The van der Waals surface area contributed by atoms with Crippen LogP contribution in [0.3, 0.4) is 0 Å². The average molecular weight is 348 g/mol. The van der Waals surface area contributed by atoms with E-state index in [1.165, 1.54) is 0 Å². The van der Waals surface area contributed by atoms with Gasteiger partial charge >= 0.3 is 0 Å². The van der Waals surface area contributed by atoms with Crippen LogP contribution in [0.1, 0.15) is 16.7 Å². The molecule has 0 radical (unpaired) electrons. The molecule has 1 N–H and O–H groups in total. The van der Waals surface area contributed by atoms with Crippen LogP contribution in [0.25, 0.3) is 0 Å². The van der Waals surface area contributed by atoms with Crippen LogP contribution in [0.4, 0.5) is 5.69 Å². The lowest BCUT2D eigenvalue weighted by atomic mass is 10.1. The Kier molecular flexibility index (Phi) is 5.02. The molecule has 0 spiro atoms. The van der Waals surface area contributed by atoms with Gasteiger partial charge in [0.15, 0.2) is 6.61 Å². The van der Waals surface area contributed by atoms with E-state index in [1.54, 1.807) is 0 Å². The van der Waals surface area contributed by atoms with Gasteiger partial charge in [0, 0.05) is 10.2 Å². The first kappa shape index (κ1) is 15.6. The second-order valence-corrected chi connectivity index (χ2v) is 5.98. The molecule has 0 unspecified atom stereocenters. The molecule has 0 fully saturated rings. The van der Waals surface area contributed by atoms with Gasteiger partial charge in [-0.2, -0.15) is 0 Å². The number of amides is 1. The standard InChI is InChI=1S/C17H18BrNO2/c1-11-4-5-12(2)15(8-11)19-17(20)10-21-16-7-6-14(18)9-13(16)3/h4-9H,10H2,1-3H3,(H,19,20). The van der Waals surface area contributed by atoms with Crippen molar-refractivity contribution in [3.8, 4) is 5.75 Å². The van der Waals surface area contributed by atoms with Gasteiger partial charge in [-0.05, 0) is 61.7 Å². The van der Waals surface area contributed by atoms with Crippen LogP contribution in [0, 0.1) is 20.8 Å². The van der Waals surface area contributed by atoms with Crippen molar-refractivity contribution in [1.29, 1.82) is 0 Å². The number of aryl methyl sites for hydroxylation is 3. The van der Waals surface area contributed by atoms with E-state index in [0.29, 0.717) is 5.75 Å². The number of anilines is 1. The van der Waals surface area contributed by atoms with E-state index in [1.807, 2.05) is 57.2 Å². The molecular weight excluding hydrogens is 330 g/mol. The summed E-state index contributed by atoms with van der Waals surface area (Å²) in [5.41, 5.74) is 3.97. The quantitative estimate of drug-likeness (QED) is 0.890. The molecule has 0 aliphatic rings.